The van der Waals surface area contributed by atoms with Crippen LogP contribution in [-0.2, 0) is 4.57 Å². The lowest BCUT2D eigenvalue weighted by Crippen LogP contribution is -2.09. The van der Waals surface area contributed by atoms with Crippen molar-refractivity contribution < 1.29 is 28.1 Å². The Hall–Kier alpha value is -1.89. The summed E-state index contributed by atoms with van der Waals surface area (Å²) in [5.41, 5.74) is 4.94. The van der Waals surface area contributed by atoms with Crippen LogP contribution in [0.5, 0.6) is 0 Å². The minimum Gasteiger partial charge on any atom is -0.462 e. The van der Waals surface area contributed by atoms with Crippen molar-refractivity contribution >= 4 is 18.8 Å². The topological polar surface area (TPSA) is 140 Å². The summed E-state index contributed by atoms with van der Waals surface area (Å²) in [5.74, 6) is -1.23. The highest BCUT2D eigenvalue weighted by Crippen LogP contribution is 2.38. The van der Waals surface area contributed by atoms with Crippen LogP contribution in [0, 0.1) is 0 Å². The molecule has 2 aromatic rings. The lowest BCUT2D eigenvalue weighted by Gasteiger charge is -2.00. The quantitative estimate of drug-likeness (QED) is 0.649. The molecule has 0 spiro atoms. The second-order valence-corrected chi connectivity index (χ2v) is 4.69. The standard InChI is InChI=1S/C8H7N2O6P/c9-8(11)5-3-4(10-16-5)7-6(1-2-15-7)17(12,13)14/h1-3H,(H2,9,11)(H2,12,13,14). The third-order valence-electron chi connectivity index (χ3n) is 1.94. The van der Waals surface area contributed by atoms with E-state index in [1.165, 1.54) is 0 Å². The summed E-state index contributed by atoms with van der Waals surface area (Å²) in [6.07, 6.45) is 1.10. The molecule has 2 aromatic heterocycles. The third kappa shape index (κ3) is 2.14. The average molecular weight is 258 g/mol. The van der Waals surface area contributed by atoms with Gasteiger partial charge in [-0.25, -0.2) is 0 Å². The van der Waals surface area contributed by atoms with Crippen LogP contribution in [0.4, 0.5) is 0 Å². The monoisotopic (exact) mass is 258 g/mol. The summed E-state index contributed by atoms with van der Waals surface area (Å²) in [4.78, 5) is 28.8. The van der Waals surface area contributed by atoms with E-state index in [9.17, 15) is 9.36 Å². The minimum atomic E-state index is -4.48. The van der Waals surface area contributed by atoms with Crippen LogP contribution in [0.1, 0.15) is 10.6 Å². The van der Waals surface area contributed by atoms with Crippen LogP contribution in [0.3, 0.4) is 0 Å². The zero-order valence-corrected chi connectivity index (χ0v) is 9.13. The number of nitrogens with two attached hydrogens (primary N) is 1. The maximum absolute atomic E-state index is 11.1. The maximum Gasteiger partial charge on any atom is 0.360 e. The number of primary amides is 1. The van der Waals surface area contributed by atoms with Crippen molar-refractivity contribution in [3.8, 4) is 11.5 Å². The average Bonchev–Trinajstić information content (AvgIpc) is 2.85. The van der Waals surface area contributed by atoms with Gasteiger partial charge in [-0.2, -0.15) is 0 Å². The van der Waals surface area contributed by atoms with E-state index in [0.717, 1.165) is 18.4 Å². The fourth-order valence-electron chi connectivity index (χ4n) is 1.22. The number of furan rings is 1. The number of carbonyl (C=O) groups excluding carboxylic acids is 1. The summed E-state index contributed by atoms with van der Waals surface area (Å²) in [5, 5.41) is 3.11. The summed E-state index contributed by atoms with van der Waals surface area (Å²) in [6, 6.07) is 2.26. The first-order valence-electron chi connectivity index (χ1n) is 4.30. The second kappa shape index (κ2) is 3.85. The fourth-order valence-corrected chi connectivity index (χ4v) is 1.91. The summed E-state index contributed by atoms with van der Waals surface area (Å²) < 4.78 is 20.6. The van der Waals surface area contributed by atoms with Crippen LogP contribution in [-0.4, -0.2) is 20.9 Å². The predicted molar refractivity (Wildman–Crippen MR) is 54.4 cm³/mol. The number of rotatable bonds is 3. The Kier molecular flexibility index (Phi) is 2.62. The fraction of sp³-hybridized carbons (Fsp3) is 0. The van der Waals surface area contributed by atoms with Crippen molar-refractivity contribution in [3.63, 3.8) is 0 Å². The van der Waals surface area contributed by atoms with Gasteiger partial charge >= 0.3 is 7.60 Å². The molecule has 0 aromatic carbocycles. The minimum absolute atomic E-state index is 0.0119. The van der Waals surface area contributed by atoms with Crippen molar-refractivity contribution in [3.05, 3.63) is 24.2 Å². The van der Waals surface area contributed by atoms with E-state index in [0.29, 0.717) is 0 Å². The number of aromatic nitrogens is 1. The number of hydrogen-bond donors (Lipinski definition) is 3. The zero-order chi connectivity index (χ0) is 12.6. The zero-order valence-electron chi connectivity index (χ0n) is 8.23. The van der Waals surface area contributed by atoms with Gasteiger partial charge in [-0.1, -0.05) is 5.16 Å². The molecule has 17 heavy (non-hydrogen) atoms. The molecule has 0 radical (unpaired) electrons. The Morgan fingerprint density at radius 3 is 2.71 bits per heavy atom. The van der Waals surface area contributed by atoms with Gasteiger partial charge in [0.25, 0.3) is 5.91 Å². The first-order valence-corrected chi connectivity index (χ1v) is 5.91. The van der Waals surface area contributed by atoms with Crippen LogP contribution >= 0.6 is 7.60 Å². The molecule has 90 valence electrons. The molecule has 0 fully saturated rings. The Balaban J connectivity index is 2.50. The van der Waals surface area contributed by atoms with Crippen LogP contribution in [0.15, 0.2) is 27.3 Å². The van der Waals surface area contributed by atoms with E-state index < -0.39 is 13.5 Å². The SMILES string of the molecule is NC(=O)c1cc(-c2occc2P(=O)(O)O)no1. The number of nitrogens with zero attached hydrogens (tertiary/aromatic N) is 1. The molecule has 2 heterocycles. The third-order valence-corrected chi connectivity index (χ3v) is 2.92. The molecule has 0 atom stereocenters. The van der Waals surface area contributed by atoms with Gasteiger partial charge in [0, 0.05) is 6.07 Å². The van der Waals surface area contributed by atoms with Gasteiger partial charge in [0.05, 0.1) is 6.26 Å². The van der Waals surface area contributed by atoms with E-state index in [1.54, 1.807) is 0 Å². The molecule has 1 amide bonds. The van der Waals surface area contributed by atoms with Crippen molar-refractivity contribution in [1.29, 1.82) is 0 Å². The lowest BCUT2D eigenvalue weighted by molar-refractivity contribution is 0.0965. The summed E-state index contributed by atoms with van der Waals surface area (Å²) in [7, 11) is -4.48. The molecule has 0 saturated heterocycles. The Morgan fingerprint density at radius 2 is 2.18 bits per heavy atom. The van der Waals surface area contributed by atoms with Gasteiger partial charge in [0.1, 0.15) is 5.30 Å². The molecular weight excluding hydrogens is 251 g/mol. The molecule has 2 rings (SSSR count). The lowest BCUT2D eigenvalue weighted by atomic mass is 10.3. The first kappa shape index (κ1) is 11.6. The van der Waals surface area contributed by atoms with E-state index >= 15 is 0 Å². The smallest absolute Gasteiger partial charge is 0.360 e. The number of hydrogen-bond acceptors (Lipinski definition) is 5. The molecule has 0 bridgehead atoms. The van der Waals surface area contributed by atoms with Crippen LogP contribution in [0.2, 0.25) is 0 Å². The van der Waals surface area contributed by atoms with Gasteiger partial charge in [-0.05, 0) is 6.07 Å². The van der Waals surface area contributed by atoms with Crippen molar-refractivity contribution in [2.75, 3.05) is 0 Å². The number of carbonyl (C=O) groups is 1. The van der Waals surface area contributed by atoms with Gasteiger partial charge < -0.3 is 24.5 Å². The maximum atomic E-state index is 11.1. The highest BCUT2D eigenvalue weighted by atomic mass is 31.2. The van der Waals surface area contributed by atoms with Crippen molar-refractivity contribution in [2.24, 2.45) is 5.73 Å². The van der Waals surface area contributed by atoms with E-state index in [1.807, 2.05) is 0 Å². The number of amides is 1. The van der Waals surface area contributed by atoms with Crippen LogP contribution < -0.4 is 11.0 Å². The highest BCUT2D eigenvalue weighted by molar-refractivity contribution is 7.60. The molecule has 4 N–H and O–H groups in total. The molecule has 8 nitrogen and oxygen atoms in total. The van der Waals surface area contributed by atoms with E-state index in [4.69, 9.17) is 19.9 Å². The molecule has 9 heteroatoms. The van der Waals surface area contributed by atoms with Crippen LogP contribution in [0.25, 0.3) is 11.5 Å². The largest absolute Gasteiger partial charge is 0.462 e. The molecule has 0 saturated carbocycles. The van der Waals surface area contributed by atoms with E-state index in [-0.39, 0.29) is 22.5 Å². The van der Waals surface area contributed by atoms with Crippen molar-refractivity contribution in [1.82, 2.24) is 5.16 Å². The Bertz CT molecular complexity index is 609. The Labute approximate surface area is 94.2 Å². The van der Waals surface area contributed by atoms with Crippen molar-refractivity contribution in [2.45, 2.75) is 0 Å². The highest BCUT2D eigenvalue weighted by Gasteiger charge is 2.27. The molecule has 0 unspecified atom stereocenters. The normalized spacial score (nSPS) is 11.6. The van der Waals surface area contributed by atoms with Gasteiger partial charge in [0.2, 0.25) is 5.76 Å². The van der Waals surface area contributed by atoms with Gasteiger partial charge in [0.15, 0.2) is 11.5 Å². The first-order chi connectivity index (χ1) is 7.89. The predicted octanol–water partition coefficient (Wildman–Crippen LogP) is -0.164. The molecule has 0 aliphatic heterocycles. The summed E-state index contributed by atoms with van der Waals surface area (Å²) in [6.45, 7) is 0. The molecule has 0 aliphatic rings. The van der Waals surface area contributed by atoms with Gasteiger partial charge in [-0.3, -0.25) is 9.36 Å². The Morgan fingerprint density at radius 1 is 1.47 bits per heavy atom. The van der Waals surface area contributed by atoms with E-state index in [2.05, 4.69) is 9.68 Å². The summed E-state index contributed by atoms with van der Waals surface area (Å²) >= 11 is 0. The van der Waals surface area contributed by atoms with Gasteiger partial charge in [-0.15, -0.1) is 0 Å². The molecule has 0 aliphatic carbocycles. The molecular formula is C8H7N2O6P. The second-order valence-electron chi connectivity index (χ2n) is 3.12.